The molecule has 0 heterocycles. The lowest BCUT2D eigenvalue weighted by atomic mass is 9.67. The summed E-state index contributed by atoms with van der Waals surface area (Å²) < 4.78 is 79.8. The quantitative estimate of drug-likeness (QED) is 0.154. The van der Waals surface area contributed by atoms with Crippen molar-refractivity contribution in [1.82, 2.24) is 0 Å². The summed E-state index contributed by atoms with van der Waals surface area (Å²) in [6.07, 6.45) is 0. The fraction of sp³-hybridized carbons (Fsp3) is 0.104. The molecule has 0 N–H and O–H groups in total. The Morgan fingerprint density at radius 3 is 1.34 bits per heavy atom. The summed E-state index contributed by atoms with van der Waals surface area (Å²) in [6.45, 7) is 8.59. The molecule has 0 saturated heterocycles. The van der Waals surface area contributed by atoms with E-state index in [0.717, 1.165) is 72.3 Å². The van der Waals surface area contributed by atoms with Gasteiger partial charge in [-0.3, -0.25) is 0 Å². The lowest BCUT2D eigenvalue weighted by Crippen LogP contribution is -2.28. The Kier molecular flexibility index (Phi) is 7.20. The van der Waals surface area contributed by atoms with Gasteiger partial charge in [0.2, 0.25) is 0 Å². The minimum atomic E-state index is -0.773. The topological polar surface area (TPSA) is 3.24 Å². The molecule has 1 heteroatoms. The van der Waals surface area contributed by atoms with E-state index in [1.807, 2.05) is 121 Å². The molecule has 3 aliphatic carbocycles. The fourth-order valence-corrected chi connectivity index (χ4v) is 11.9. The minimum Gasteiger partial charge on any atom is -0.310 e. The summed E-state index contributed by atoms with van der Waals surface area (Å²) >= 11 is 0. The van der Waals surface area contributed by atoms with E-state index >= 15 is 0 Å². The van der Waals surface area contributed by atoms with Crippen molar-refractivity contribution in [2.45, 2.75) is 43.9 Å². The largest absolute Gasteiger partial charge is 0.310 e. The fourth-order valence-electron chi connectivity index (χ4n) is 11.9. The van der Waals surface area contributed by atoms with Gasteiger partial charge in [-0.1, -0.05) is 222 Å². The van der Waals surface area contributed by atoms with Crippen LogP contribution in [-0.4, -0.2) is 0 Å². The van der Waals surface area contributed by atoms with Crippen molar-refractivity contribution in [3.63, 3.8) is 0 Å². The van der Waals surface area contributed by atoms with Crippen LogP contribution < -0.4 is 4.90 Å². The summed E-state index contributed by atoms with van der Waals surface area (Å²) in [4.78, 5) is 1.44. The van der Waals surface area contributed by atoms with Crippen LogP contribution in [0.15, 0.2) is 236 Å². The first-order chi connectivity index (χ1) is 36.6. The van der Waals surface area contributed by atoms with E-state index in [4.69, 9.17) is 0 Å². The monoisotopic (exact) mass is 877 g/mol. The lowest BCUT2D eigenvalue weighted by molar-refractivity contribution is 0.660. The van der Waals surface area contributed by atoms with Crippen molar-refractivity contribution in [3.05, 3.63) is 281 Å². The molecule has 0 aliphatic heterocycles. The Bertz CT molecular complexity index is 4010. The van der Waals surface area contributed by atoms with E-state index in [9.17, 15) is 11.0 Å². The van der Waals surface area contributed by atoms with Crippen molar-refractivity contribution in [3.8, 4) is 55.6 Å². The minimum absolute atomic E-state index is 0.115. The van der Waals surface area contributed by atoms with Crippen LogP contribution in [0, 0.1) is 0 Å². The zero-order valence-electron chi connectivity index (χ0n) is 46.3. The predicted octanol–water partition coefficient (Wildman–Crippen LogP) is 17.5. The molecule has 10 aromatic rings. The molecule has 0 aromatic heterocycles. The summed E-state index contributed by atoms with van der Waals surface area (Å²) in [7, 11) is 0. The molecule has 68 heavy (non-hydrogen) atoms. The number of hydrogen-bond donors (Lipinski definition) is 0. The van der Waals surface area contributed by atoms with Gasteiger partial charge < -0.3 is 4.90 Å². The molecule has 324 valence electrons. The second kappa shape index (κ2) is 15.0. The van der Waals surface area contributed by atoms with Gasteiger partial charge in [0, 0.05) is 27.9 Å². The maximum Gasteiger partial charge on any atom is 0.0713 e. The summed E-state index contributed by atoms with van der Waals surface area (Å²) in [5, 5.41) is 0. The summed E-state index contributed by atoms with van der Waals surface area (Å²) in [5.41, 5.74) is 14.0. The van der Waals surface area contributed by atoms with E-state index in [2.05, 4.69) is 94.4 Å². The standard InChI is InChI=1S/C67H51N/c1-65(2)58-26-14-11-22-53(58)55-40-34-46(42-62(55)65)44-30-35-49(36-31-44)68(51-39-41-56-54-23-12-15-27-59(54)66(3,4)63(56)43-51)50-37-32-45(33-38-50)52-25-17-29-61-64(52)57-24-13-16-28-60(57)67(61,47-18-7-5-8-19-47)48-20-9-6-10-21-48/h5-43H,1-4H3/i30D,31D,32D,33D,35D,36D,37D,38D. The van der Waals surface area contributed by atoms with Crippen molar-refractivity contribution in [2.75, 3.05) is 4.90 Å². The maximum atomic E-state index is 10.1. The predicted molar refractivity (Wildman–Crippen MR) is 284 cm³/mol. The lowest BCUT2D eigenvalue weighted by Gasteiger charge is -2.34. The molecule has 0 saturated carbocycles. The van der Waals surface area contributed by atoms with Crippen LogP contribution in [0.1, 0.15) is 83.2 Å². The number of fused-ring (bicyclic) bond motifs is 9. The normalized spacial score (nSPS) is 16.5. The molecule has 0 bridgehead atoms. The van der Waals surface area contributed by atoms with E-state index in [0.29, 0.717) is 16.8 Å². The molecule has 0 radical (unpaired) electrons. The Morgan fingerprint density at radius 2 is 0.750 bits per heavy atom. The number of hydrogen-bond acceptors (Lipinski definition) is 1. The van der Waals surface area contributed by atoms with Crippen LogP contribution in [0.4, 0.5) is 17.1 Å². The number of benzene rings is 10. The van der Waals surface area contributed by atoms with Gasteiger partial charge in [0.25, 0.3) is 0 Å². The van der Waals surface area contributed by atoms with Gasteiger partial charge in [-0.2, -0.15) is 0 Å². The van der Waals surface area contributed by atoms with Gasteiger partial charge in [0.05, 0.1) is 16.4 Å². The molecule has 0 atom stereocenters. The molecule has 0 amide bonds. The van der Waals surface area contributed by atoms with E-state index in [-0.39, 0.29) is 76.3 Å². The van der Waals surface area contributed by atoms with E-state index in [1.165, 1.54) is 10.5 Å². The number of anilines is 3. The second-order valence-corrected chi connectivity index (χ2v) is 19.4. The van der Waals surface area contributed by atoms with Crippen LogP contribution in [0.5, 0.6) is 0 Å². The van der Waals surface area contributed by atoms with Crippen molar-refractivity contribution in [1.29, 1.82) is 0 Å². The van der Waals surface area contributed by atoms with Crippen molar-refractivity contribution >= 4 is 17.1 Å². The van der Waals surface area contributed by atoms with Gasteiger partial charge in [-0.05, 0) is 143 Å². The third kappa shape index (κ3) is 5.75. The summed E-state index contributed by atoms with van der Waals surface area (Å²) in [5.74, 6) is 0. The first-order valence-electron chi connectivity index (χ1n) is 27.4. The Hall–Kier alpha value is -8.00. The van der Waals surface area contributed by atoms with Crippen LogP contribution in [-0.2, 0) is 16.2 Å². The van der Waals surface area contributed by atoms with Crippen molar-refractivity contribution in [2.24, 2.45) is 0 Å². The average molecular weight is 878 g/mol. The molecule has 13 rings (SSSR count). The van der Waals surface area contributed by atoms with Crippen LogP contribution >= 0.6 is 0 Å². The molecule has 10 aromatic carbocycles. The SMILES string of the molecule is [2H]c1c([2H])c(N(c2ccc3c(c2)C(C)(C)c2ccccc2-3)c2c([2H])c([2H])c(-c3cccc4c3-c3ccccc3C4(c3ccccc3)c3ccccc3)c([2H])c2[2H])c([2H])c([2H])c1-c1ccc2c(c1)C(C)(C)c1ccccc1-2. The number of rotatable bonds is 7. The van der Waals surface area contributed by atoms with Crippen molar-refractivity contribution < 1.29 is 11.0 Å². The highest BCUT2D eigenvalue weighted by Crippen LogP contribution is 2.59. The second-order valence-electron chi connectivity index (χ2n) is 19.4. The number of nitrogens with zero attached hydrogens (tertiary/aromatic N) is 1. The van der Waals surface area contributed by atoms with Crippen LogP contribution in [0.2, 0.25) is 0 Å². The van der Waals surface area contributed by atoms with Gasteiger partial charge in [-0.15, -0.1) is 0 Å². The molecular weight excluding hydrogens is 819 g/mol. The Morgan fingerprint density at radius 1 is 0.309 bits per heavy atom. The zero-order valence-corrected chi connectivity index (χ0v) is 38.3. The highest BCUT2D eigenvalue weighted by Gasteiger charge is 2.47. The zero-order chi connectivity index (χ0) is 52.7. The molecular formula is C67H51N. The first-order valence-corrected chi connectivity index (χ1v) is 23.4. The first kappa shape index (κ1) is 32.6. The molecule has 0 spiro atoms. The average Bonchev–Trinajstić information content (AvgIpc) is 4.00. The van der Waals surface area contributed by atoms with Gasteiger partial charge in [0.1, 0.15) is 0 Å². The van der Waals surface area contributed by atoms with Gasteiger partial charge >= 0.3 is 0 Å². The van der Waals surface area contributed by atoms with Crippen LogP contribution in [0.3, 0.4) is 0 Å². The highest BCUT2D eigenvalue weighted by atomic mass is 15.1. The van der Waals surface area contributed by atoms with Crippen LogP contribution in [0.25, 0.3) is 55.6 Å². The maximum absolute atomic E-state index is 10.1. The molecule has 3 aliphatic rings. The van der Waals surface area contributed by atoms with E-state index < -0.39 is 10.8 Å². The van der Waals surface area contributed by atoms with Gasteiger partial charge in [-0.25, -0.2) is 0 Å². The summed E-state index contributed by atoms with van der Waals surface area (Å²) in [6, 6.07) is 60.2. The van der Waals surface area contributed by atoms with Gasteiger partial charge in [0.15, 0.2) is 0 Å². The third-order valence-electron chi connectivity index (χ3n) is 15.1. The smallest absolute Gasteiger partial charge is 0.0713 e. The third-order valence-corrected chi connectivity index (χ3v) is 15.1. The Labute approximate surface area is 411 Å². The van der Waals surface area contributed by atoms with E-state index in [1.54, 1.807) is 0 Å². The molecule has 0 unspecified atom stereocenters. The highest BCUT2D eigenvalue weighted by molar-refractivity contribution is 5.96. The molecule has 1 nitrogen and oxygen atoms in total. The molecule has 0 fully saturated rings. The Balaban J connectivity index is 1.04.